The monoisotopic (exact) mass is 271 g/mol. The Labute approximate surface area is 115 Å². The van der Waals surface area contributed by atoms with Crippen LogP contribution in [0.1, 0.15) is 20.8 Å². The average Bonchev–Trinajstić information content (AvgIpc) is 2.38. The van der Waals surface area contributed by atoms with Crippen LogP contribution in [0, 0.1) is 0 Å². The third kappa shape index (κ3) is 4.47. The maximum Gasteiger partial charge on any atom is 0.324 e. The highest BCUT2D eigenvalue weighted by Gasteiger charge is 2.31. The van der Waals surface area contributed by atoms with Gasteiger partial charge in [-0.05, 0) is 20.8 Å². The Morgan fingerprint density at radius 1 is 1.47 bits per heavy atom. The highest BCUT2D eigenvalue weighted by molar-refractivity contribution is 5.81. The number of ether oxygens (including phenoxy) is 1. The van der Waals surface area contributed by atoms with Gasteiger partial charge in [0.15, 0.2) is 0 Å². The number of rotatable bonds is 5. The third-order valence-corrected chi connectivity index (χ3v) is 3.42. The van der Waals surface area contributed by atoms with Crippen LogP contribution >= 0.6 is 0 Å². The summed E-state index contributed by atoms with van der Waals surface area (Å²) in [6.07, 6.45) is 0. The van der Waals surface area contributed by atoms with Crippen molar-refractivity contribution in [2.75, 3.05) is 39.8 Å². The van der Waals surface area contributed by atoms with E-state index in [1.54, 1.807) is 18.9 Å². The first-order chi connectivity index (χ1) is 8.97. The van der Waals surface area contributed by atoms with Crippen LogP contribution in [0.15, 0.2) is 0 Å². The highest BCUT2D eigenvalue weighted by atomic mass is 16.5. The van der Waals surface area contributed by atoms with Gasteiger partial charge in [-0.15, -0.1) is 0 Å². The third-order valence-electron chi connectivity index (χ3n) is 3.42. The Bertz CT molecular complexity index is 320. The summed E-state index contributed by atoms with van der Waals surface area (Å²) in [5, 5.41) is 3.16. The van der Waals surface area contributed by atoms with Crippen molar-refractivity contribution in [1.82, 2.24) is 15.1 Å². The van der Waals surface area contributed by atoms with E-state index in [0.29, 0.717) is 19.7 Å². The van der Waals surface area contributed by atoms with E-state index in [2.05, 4.69) is 5.32 Å². The van der Waals surface area contributed by atoms with Crippen molar-refractivity contribution in [3.63, 3.8) is 0 Å². The number of carbonyl (C=O) groups is 2. The van der Waals surface area contributed by atoms with Crippen molar-refractivity contribution in [1.29, 1.82) is 0 Å². The molecule has 6 nitrogen and oxygen atoms in total. The van der Waals surface area contributed by atoms with E-state index in [1.165, 1.54) is 0 Å². The van der Waals surface area contributed by atoms with Crippen LogP contribution in [-0.4, -0.2) is 73.6 Å². The smallest absolute Gasteiger partial charge is 0.324 e. The van der Waals surface area contributed by atoms with Gasteiger partial charge in [0.2, 0.25) is 5.91 Å². The number of piperazine rings is 1. The lowest BCUT2D eigenvalue weighted by atomic mass is 10.2. The molecule has 1 aliphatic rings. The summed E-state index contributed by atoms with van der Waals surface area (Å²) in [6.45, 7) is 8.36. The number of esters is 1. The summed E-state index contributed by atoms with van der Waals surface area (Å²) in [4.78, 5) is 27.6. The minimum atomic E-state index is -0.363. The first kappa shape index (κ1) is 15.9. The number of hydrogen-bond donors (Lipinski definition) is 1. The van der Waals surface area contributed by atoms with Gasteiger partial charge in [0.25, 0.3) is 0 Å². The molecule has 1 saturated heterocycles. The van der Waals surface area contributed by atoms with Crippen molar-refractivity contribution < 1.29 is 14.3 Å². The van der Waals surface area contributed by atoms with E-state index in [9.17, 15) is 9.59 Å². The predicted octanol–water partition coefficient (Wildman–Crippen LogP) is -0.310. The van der Waals surface area contributed by atoms with E-state index < -0.39 is 0 Å². The van der Waals surface area contributed by atoms with Gasteiger partial charge in [-0.2, -0.15) is 0 Å². The first-order valence-electron chi connectivity index (χ1n) is 6.84. The summed E-state index contributed by atoms with van der Waals surface area (Å²) in [5.41, 5.74) is 0. The molecule has 1 rings (SSSR count). The predicted molar refractivity (Wildman–Crippen MR) is 72.8 cm³/mol. The van der Waals surface area contributed by atoms with Gasteiger partial charge in [0.05, 0.1) is 13.2 Å². The normalized spacial score (nSPS) is 20.4. The number of hydrogen-bond acceptors (Lipinski definition) is 5. The molecule has 1 aliphatic heterocycles. The molecule has 0 aromatic rings. The maximum absolute atomic E-state index is 12.1. The summed E-state index contributed by atoms with van der Waals surface area (Å²) in [7, 11) is 1.79. The van der Waals surface area contributed by atoms with E-state index in [-0.39, 0.29) is 30.5 Å². The number of nitrogens with zero attached hydrogens (tertiary/aromatic N) is 2. The zero-order valence-electron chi connectivity index (χ0n) is 12.3. The van der Waals surface area contributed by atoms with Gasteiger partial charge in [0, 0.05) is 32.7 Å². The molecule has 1 unspecified atom stereocenters. The van der Waals surface area contributed by atoms with Crippen molar-refractivity contribution in [2.24, 2.45) is 0 Å². The Kier molecular flexibility index (Phi) is 6.24. The maximum atomic E-state index is 12.1. The molecular formula is C13H25N3O3. The fraction of sp³-hybridized carbons (Fsp3) is 0.846. The van der Waals surface area contributed by atoms with E-state index in [4.69, 9.17) is 4.74 Å². The molecule has 0 saturated carbocycles. The van der Waals surface area contributed by atoms with Crippen molar-refractivity contribution in [3.8, 4) is 0 Å². The van der Waals surface area contributed by atoms with Gasteiger partial charge in [-0.3, -0.25) is 14.5 Å². The minimum absolute atomic E-state index is 0.0335. The largest absolute Gasteiger partial charge is 0.465 e. The highest BCUT2D eigenvalue weighted by Crippen LogP contribution is 2.07. The summed E-state index contributed by atoms with van der Waals surface area (Å²) in [6, 6.07) is -0.199. The van der Waals surface area contributed by atoms with Crippen LogP contribution < -0.4 is 5.32 Å². The Balaban J connectivity index is 2.62. The molecule has 0 bridgehead atoms. The molecule has 0 radical (unpaired) electrons. The zero-order chi connectivity index (χ0) is 14.4. The molecule has 1 atom stereocenters. The Hall–Kier alpha value is -1.14. The van der Waals surface area contributed by atoms with Crippen LogP contribution in [-0.2, 0) is 14.3 Å². The van der Waals surface area contributed by atoms with E-state index in [1.807, 2.05) is 18.7 Å². The molecular weight excluding hydrogens is 246 g/mol. The van der Waals surface area contributed by atoms with Crippen LogP contribution in [0.25, 0.3) is 0 Å². The molecule has 1 fully saturated rings. The second-order valence-corrected chi connectivity index (χ2v) is 5.04. The Morgan fingerprint density at radius 2 is 2.16 bits per heavy atom. The van der Waals surface area contributed by atoms with Gasteiger partial charge in [0.1, 0.15) is 6.04 Å². The zero-order valence-corrected chi connectivity index (χ0v) is 12.3. The quantitative estimate of drug-likeness (QED) is 0.695. The number of likely N-dealkylation sites (N-methyl/N-ethyl adjacent to an activating group) is 1. The van der Waals surface area contributed by atoms with Crippen molar-refractivity contribution in [3.05, 3.63) is 0 Å². The molecule has 19 heavy (non-hydrogen) atoms. The summed E-state index contributed by atoms with van der Waals surface area (Å²) >= 11 is 0. The standard InChI is InChI=1S/C13H25N3O3/c1-5-19-13(18)11-8-14-6-7-16(11)9-12(17)15(4)10(2)3/h10-11,14H,5-9H2,1-4H3. The van der Waals surface area contributed by atoms with Gasteiger partial charge >= 0.3 is 5.97 Å². The second-order valence-electron chi connectivity index (χ2n) is 5.04. The lowest BCUT2D eigenvalue weighted by Gasteiger charge is -2.35. The van der Waals surface area contributed by atoms with Crippen LogP contribution in [0.3, 0.4) is 0 Å². The van der Waals surface area contributed by atoms with Crippen LogP contribution in [0.2, 0.25) is 0 Å². The van der Waals surface area contributed by atoms with E-state index >= 15 is 0 Å². The SMILES string of the molecule is CCOC(=O)C1CNCCN1CC(=O)N(C)C(C)C. The molecule has 110 valence electrons. The van der Waals surface area contributed by atoms with Crippen LogP contribution in [0.4, 0.5) is 0 Å². The lowest BCUT2D eigenvalue weighted by Crippen LogP contribution is -2.57. The van der Waals surface area contributed by atoms with Gasteiger partial charge in [-0.1, -0.05) is 0 Å². The van der Waals surface area contributed by atoms with Crippen LogP contribution in [0.5, 0.6) is 0 Å². The topological polar surface area (TPSA) is 61.9 Å². The molecule has 0 aromatic heterocycles. The number of amides is 1. The van der Waals surface area contributed by atoms with Crippen molar-refractivity contribution in [2.45, 2.75) is 32.9 Å². The van der Waals surface area contributed by atoms with Gasteiger partial charge in [-0.25, -0.2) is 0 Å². The molecule has 6 heteroatoms. The molecule has 0 spiro atoms. The molecule has 1 amide bonds. The summed E-state index contributed by atoms with van der Waals surface area (Å²) < 4.78 is 5.06. The van der Waals surface area contributed by atoms with E-state index in [0.717, 1.165) is 6.54 Å². The molecule has 1 heterocycles. The Morgan fingerprint density at radius 3 is 2.74 bits per heavy atom. The molecule has 1 N–H and O–H groups in total. The number of carbonyl (C=O) groups excluding carboxylic acids is 2. The summed E-state index contributed by atoms with van der Waals surface area (Å²) in [5.74, 6) is -0.221. The fourth-order valence-electron chi connectivity index (χ4n) is 1.98. The molecule has 0 aliphatic carbocycles. The second kappa shape index (κ2) is 7.45. The average molecular weight is 271 g/mol. The number of nitrogens with one attached hydrogen (secondary N) is 1. The van der Waals surface area contributed by atoms with Gasteiger partial charge < -0.3 is 15.0 Å². The fourth-order valence-corrected chi connectivity index (χ4v) is 1.98. The molecule has 0 aromatic carbocycles. The van der Waals surface area contributed by atoms with Crippen molar-refractivity contribution >= 4 is 11.9 Å². The first-order valence-corrected chi connectivity index (χ1v) is 6.84. The lowest BCUT2D eigenvalue weighted by molar-refractivity contribution is -0.151. The minimum Gasteiger partial charge on any atom is -0.465 e.